The lowest BCUT2D eigenvalue weighted by Gasteiger charge is -2.15. The van der Waals surface area contributed by atoms with E-state index in [0.29, 0.717) is 11.8 Å². The van der Waals surface area contributed by atoms with Gasteiger partial charge in [0.25, 0.3) is 0 Å². The Morgan fingerprint density at radius 3 is 2.26 bits per heavy atom. The number of hydrogen-bond acceptors (Lipinski definition) is 3. The molecule has 0 saturated carbocycles. The topological polar surface area (TPSA) is 30.5 Å². The zero-order valence-electron chi connectivity index (χ0n) is 12.8. The van der Waals surface area contributed by atoms with Crippen molar-refractivity contribution in [2.45, 2.75) is 27.2 Å². The molecule has 1 atom stereocenters. The van der Waals surface area contributed by atoms with E-state index in [1.165, 1.54) is 5.56 Å². The zero-order chi connectivity index (χ0) is 14.3. The molecule has 0 radical (unpaired) electrons. The molecule has 0 heterocycles. The molecule has 0 aromatic heterocycles. The molecule has 1 aromatic carbocycles. The van der Waals surface area contributed by atoms with E-state index in [9.17, 15) is 0 Å². The largest absolute Gasteiger partial charge is 0.493 e. The summed E-state index contributed by atoms with van der Waals surface area (Å²) in [6.45, 7) is 8.85. The number of ether oxygens (including phenoxy) is 2. The summed E-state index contributed by atoms with van der Waals surface area (Å²) in [5.41, 5.74) is 1.29. The molecule has 0 fully saturated rings. The number of nitrogens with one attached hydrogen (secondary N) is 1. The van der Waals surface area contributed by atoms with Crippen molar-refractivity contribution in [3.8, 4) is 11.5 Å². The average Bonchev–Trinajstić information content (AvgIpc) is 2.38. The Labute approximate surface area is 117 Å². The number of benzene rings is 1. The van der Waals surface area contributed by atoms with Gasteiger partial charge in [-0.1, -0.05) is 26.8 Å². The predicted molar refractivity (Wildman–Crippen MR) is 80.1 cm³/mol. The van der Waals surface area contributed by atoms with Crippen molar-refractivity contribution < 1.29 is 9.47 Å². The van der Waals surface area contributed by atoms with E-state index in [0.717, 1.165) is 31.0 Å². The molecule has 1 rings (SSSR count). The second-order valence-corrected chi connectivity index (χ2v) is 5.55. The van der Waals surface area contributed by atoms with Crippen LogP contribution in [0.4, 0.5) is 0 Å². The summed E-state index contributed by atoms with van der Waals surface area (Å²) in [4.78, 5) is 0. The molecule has 0 amide bonds. The minimum atomic E-state index is 0.608. The van der Waals surface area contributed by atoms with E-state index in [1.54, 1.807) is 14.2 Å². The van der Waals surface area contributed by atoms with Crippen molar-refractivity contribution in [3.63, 3.8) is 0 Å². The first-order valence-electron chi connectivity index (χ1n) is 6.98. The van der Waals surface area contributed by atoms with Gasteiger partial charge in [-0.3, -0.25) is 0 Å². The highest BCUT2D eigenvalue weighted by molar-refractivity contribution is 5.42. The van der Waals surface area contributed by atoms with E-state index in [2.05, 4.69) is 38.2 Å². The van der Waals surface area contributed by atoms with Crippen molar-refractivity contribution in [1.29, 1.82) is 0 Å². The lowest BCUT2D eigenvalue weighted by atomic mass is 10.0. The van der Waals surface area contributed by atoms with Crippen LogP contribution in [0.15, 0.2) is 18.2 Å². The van der Waals surface area contributed by atoms with Gasteiger partial charge in [-0.15, -0.1) is 0 Å². The van der Waals surface area contributed by atoms with Crippen LogP contribution >= 0.6 is 0 Å². The SMILES string of the molecule is COc1ccc(CC(C)CNCC(C)C)cc1OC. The molecule has 1 unspecified atom stereocenters. The third-order valence-corrected chi connectivity index (χ3v) is 3.08. The molecular formula is C16H27NO2. The van der Waals surface area contributed by atoms with Gasteiger partial charge in [0.2, 0.25) is 0 Å². The van der Waals surface area contributed by atoms with E-state index in [4.69, 9.17) is 9.47 Å². The van der Waals surface area contributed by atoms with Gasteiger partial charge in [0.15, 0.2) is 11.5 Å². The van der Waals surface area contributed by atoms with E-state index in [-0.39, 0.29) is 0 Å². The fraction of sp³-hybridized carbons (Fsp3) is 0.625. The highest BCUT2D eigenvalue weighted by Crippen LogP contribution is 2.28. The Bertz CT molecular complexity index is 377. The van der Waals surface area contributed by atoms with Crippen molar-refractivity contribution in [3.05, 3.63) is 23.8 Å². The molecule has 0 aliphatic rings. The van der Waals surface area contributed by atoms with Crippen LogP contribution in [0.1, 0.15) is 26.3 Å². The molecule has 3 nitrogen and oxygen atoms in total. The van der Waals surface area contributed by atoms with Crippen LogP contribution in [0.3, 0.4) is 0 Å². The first-order valence-corrected chi connectivity index (χ1v) is 6.98. The summed E-state index contributed by atoms with van der Waals surface area (Å²) in [5.74, 6) is 2.91. The smallest absolute Gasteiger partial charge is 0.160 e. The van der Waals surface area contributed by atoms with Crippen molar-refractivity contribution in [2.75, 3.05) is 27.3 Å². The summed E-state index contributed by atoms with van der Waals surface area (Å²) in [5, 5.41) is 3.50. The molecule has 0 saturated heterocycles. The Morgan fingerprint density at radius 2 is 1.68 bits per heavy atom. The zero-order valence-corrected chi connectivity index (χ0v) is 12.8. The molecule has 1 N–H and O–H groups in total. The van der Waals surface area contributed by atoms with Gasteiger partial charge in [0, 0.05) is 0 Å². The van der Waals surface area contributed by atoms with Crippen molar-refractivity contribution in [1.82, 2.24) is 5.32 Å². The fourth-order valence-electron chi connectivity index (χ4n) is 2.10. The van der Waals surface area contributed by atoms with Gasteiger partial charge in [0.1, 0.15) is 0 Å². The van der Waals surface area contributed by atoms with Crippen LogP contribution in [0.5, 0.6) is 11.5 Å². The summed E-state index contributed by atoms with van der Waals surface area (Å²) < 4.78 is 10.6. The van der Waals surface area contributed by atoms with Crippen molar-refractivity contribution in [2.24, 2.45) is 11.8 Å². The van der Waals surface area contributed by atoms with E-state index in [1.807, 2.05) is 6.07 Å². The van der Waals surface area contributed by atoms with Gasteiger partial charge in [-0.25, -0.2) is 0 Å². The standard InChI is InChI=1S/C16H27NO2/c1-12(2)10-17-11-13(3)8-14-6-7-15(18-4)16(9-14)19-5/h6-7,9,12-13,17H,8,10-11H2,1-5H3. The molecule has 3 heteroatoms. The van der Waals surface area contributed by atoms with Crippen LogP contribution in [0.2, 0.25) is 0 Å². The molecule has 0 aliphatic heterocycles. The third kappa shape index (κ3) is 5.52. The van der Waals surface area contributed by atoms with Crippen LogP contribution in [0, 0.1) is 11.8 Å². The minimum absolute atomic E-state index is 0.608. The van der Waals surface area contributed by atoms with Gasteiger partial charge < -0.3 is 14.8 Å². The lowest BCUT2D eigenvalue weighted by Crippen LogP contribution is -2.26. The maximum Gasteiger partial charge on any atom is 0.160 e. The third-order valence-electron chi connectivity index (χ3n) is 3.08. The van der Waals surface area contributed by atoms with Gasteiger partial charge >= 0.3 is 0 Å². The lowest BCUT2D eigenvalue weighted by molar-refractivity contribution is 0.354. The summed E-state index contributed by atoms with van der Waals surface area (Å²) >= 11 is 0. The molecule has 1 aromatic rings. The molecular weight excluding hydrogens is 238 g/mol. The second-order valence-electron chi connectivity index (χ2n) is 5.55. The predicted octanol–water partition coefficient (Wildman–Crippen LogP) is 3.13. The Hall–Kier alpha value is -1.22. The molecule has 0 spiro atoms. The molecule has 0 aliphatic carbocycles. The van der Waals surface area contributed by atoms with Crippen molar-refractivity contribution >= 4 is 0 Å². The quantitative estimate of drug-likeness (QED) is 0.783. The first-order chi connectivity index (χ1) is 9.06. The van der Waals surface area contributed by atoms with E-state index < -0.39 is 0 Å². The fourth-order valence-corrected chi connectivity index (χ4v) is 2.10. The number of hydrogen-bond donors (Lipinski definition) is 1. The van der Waals surface area contributed by atoms with Crippen LogP contribution < -0.4 is 14.8 Å². The monoisotopic (exact) mass is 265 g/mol. The Kier molecular flexibility index (Phi) is 6.71. The second kappa shape index (κ2) is 8.05. The Morgan fingerprint density at radius 1 is 1.00 bits per heavy atom. The van der Waals surface area contributed by atoms with E-state index >= 15 is 0 Å². The van der Waals surface area contributed by atoms with Gasteiger partial charge in [-0.05, 0) is 49.0 Å². The highest BCUT2D eigenvalue weighted by atomic mass is 16.5. The maximum atomic E-state index is 5.33. The molecule has 19 heavy (non-hydrogen) atoms. The average molecular weight is 265 g/mol. The summed E-state index contributed by atoms with van der Waals surface area (Å²) in [7, 11) is 3.34. The first kappa shape index (κ1) is 15.8. The molecule has 108 valence electrons. The minimum Gasteiger partial charge on any atom is -0.493 e. The van der Waals surface area contributed by atoms with Crippen LogP contribution in [-0.4, -0.2) is 27.3 Å². The Balaban J connectivity index is 2.52. The normalized spacial score (nSPS) is 12.5. The summed E-state index contributed by atoms with van der Waals surface area (Å²) in [6, 6.07) is 6.15. The van der Waals surface area contributed by atoms with Gasteiger partial charge in [-0.2, -0.15) is 0 Å². The highest BCUT2D eigenvalue weighted by Gasteiger charge is 2.08. The van der Waals surface area contributed by atoms with Crippen LogP contribution in [0.25, 0.3) is 0 Å². The van der Waals surface area contributed by atoms with Crippen LogP contribution in [-0.2, 0) is 6.42 Å². The number of methoxy groups -OCH3 is 2. The van der Waals surface area contributed by atoms with Gasteiger partial charge in [0.05, 0.1) is 14.2 Å². The molecule has 0 bridgehead atoms. The summed E-state index contributed by atoms with van der Waals surface area (Å²) in [6.07, 6.45) is 1.05. The number of rotatable bonds is 8. The maximum absolute atomic E-state index is 5.33.